The lowest BCUT2D eigenvalue weighted by atomic mass is 10.1. The normalized spacial score (nSPS) is 16.8. The highest BCUT2D eigenvalue weighted by Gasteiger charge is 2.28. The third kappa shape index (κ3) is 3.01. The van der Waals surface area contributed by atoms with Crippen LogP contribution >= 0.6 is 23.2 Å². The average molecular weight is 374 g/mol. The van der Waals surface area contributed by atoms with Gasteiger partial charge >= 0.3 is 0 Å². The zero-order valence-electron chi connectivity index (χ0n) is 13.5. The summed E-state index contributed by atoms with van der Waals surface area (Å²) in [7, 11) is 0. The van der Waals surface area contributed by atoms with Crippen LogP contribution in [0.1, 0.15) is 24.6 Å². The summed E-state index contributed by atoms with van der Waals surface area (Å²) in [5, 5.41) is 6.06. The van der Waals surface area contributed by atoms with E-state index in [4.69, 9.17) is 38.8 Å². The molecule has 0 aliphatic carbocycles. The smallest absolute Gasteiger partial charge is 0.170 e. The first kappa shape index (κ1) is 16.5. The van der Waals surface area contributed by atoms with Crippen molar-refractivity contribution >= 4 is 23.2 Å². The monoisotopic (exact) mass is 373 g/mol. The molecule has 4 rings (SSSR count). The SMILES string of the molecule is N[C@H]1CCCOc2c1nn(-c1ccccc1Cl)c2-c1ccc(Cl)cc1. The number of fused-ring (bicyclic) bond motifs is 1. The Balaban J connectivity index is 1.99. The van der Waals surface area contributed by atoms with Gasteiger partial charge < -0.3 is 10.5 Å². The van der Waals surface area contributed by atoms with Crippen LogP contribution in [0.4, 0.5) is 0 Å². The topological polar surface area (TPSA) is 53.1 Å². The first-order valence-electron chi connectivity index (χ1n) is 8.17. The summed E-state index contributed by atoms with van der Waals surface area (Å²) in [6, 6.07) is 15.0. The van der Waals surface area contributed by atoms with Gasteiger partial charge in [-0.25, -0.2) is 4.68 Å². The minimum Gasteiger partial charge on any atom is -0.489 e. The van der Waals surface area contributed by atoms with Crippen LogP contribution in [-0.4, -0.2) is 16.4 Å². The highest BCUT2D eigenvalue weighted by molar-refractivity contribution is 6.32. The van der Waals surface area contributed by atoms with Crippen LogP contribution in [0.5, 0.6) is 5.75 Å². The van der Waals surface area contributed by atoms with Gasteiger partial charge in [0.05, 0.1) is 23.4 Å². The number of halogens is 2. The number of nitrogens with two attached hydrogens (primary N) is 1. The van der Waals surface area contributed by atoms with Gasteiger partial charge in [0.25, 0.3) is 0 Å². The molecule has 128 valence electrons. The molecule has 0 radical (unpaired) electrons. The average Bonchev–Trinajstić information content (AvgIpc) is 2.89. The van der Waals surface area contributed by atoms with Gasteiger partial charge in [0.1, 0.15) is 11.4 Å². The third-order valence-corrected chi connectivity index (χ3v) is 4.89. The van der Waals surface area contributed by atoms with Crippen molar-refractivity contribution in [3.8, 4) is 22.7 Å². The first-order chi connectivity index (χ1) is 12.1. The van der Waals surface area contributed by atoms with Crippen LogP contribution in [0, 0.1) is 0 Å². The van der Waals surface area contributed by atoms with E-state index in [2.05, 4.69) is 0 Å². The van der Waals surface area contributed by atoms with Crippen molar-refractivity contribution in [1.29, 1.82) is 0 Å². The minimum atomic E-state index is -0.160. The zero-order chi connectivity index (χ0) is 17.4. The summed E-state index contributed by atoms with van der Waals surface area (Å²) in [4.78, 5) is 0. The fourth-order valence-corrected chi connectivity index (χ4v) is 3.42. The van der Waals surface area contributed by atoms with Gasteiger partial charge in [0, 0.05) is 10.6 Å². The maximum Gasteiger partial charge on any atom is 0.170 e. The molecule has 0 saturated heterocycles. The van der Waals surface area contributed by atoms with Crippen molar-refractivity contribution < 1.29 is 4.74 Å². The zero-order valence-corrected chi connectivity index (χ0v) is 15.0. The summed E-state index contributed by atoms with van der Waals surface area (Å²) in [6.07, 6.45) is 1.75. The molecule has 2 heterocycles. The third-order valence-electron chi connectivity index (χ3n) is 4.32. The second-order valence-corrected chi connectivity index (χ2v) is 6.87. The molecule has 1 aromatic heterocycles. The van der Waals surface area contributed by atoms with Gasteiger partial charge in [-0.15, -0.1) is 0 Å². The largest absolute Gasteiger partial charge is 0.489 e. The summed E-state index contributed by atoms with van der Waals surface area (Å²) in [5.41, 5.74) is 9.69. The van der Waals surface area contributed by atoms with E-state index in [0.29, 0.717) is 16.7 Å². The number of para-hydroxylation sites is 1. The Morgan fingerprint density at radius 1 is 1.08 bits per heavy atom. The van der Waals surface area contributed by atoms with Crippen LogP contribution in [0.25, 0.3) is 16.9 Å². The maximum absolute atomic E-state index is 6.42. The standard InChI is InChI=1S/C19H17Cl2N3O/c20-13-9-7-12(8-10-13)18-19-17(15(22)5-3-11-25-19)23-24(18)16-6-2-1-4-14(16)21/h1-2,4,6-10,15H,3,5,11,22H2/t15-/m0/s1. The van der Waals surface area contributed by atoms with Gasteiger partial charge in [0.2, 0.25) is 0 Å². The molecule has 1 atom stereocenters. The predicted octanol–water partition coefficient (Wildman–Crippen LogP) is 5.02. The molecule has 0 bridgehead atoms. The van der Waals surface area contributed by atoms with E-state index in [9.17, 15) is 0 Å². The van der Waals surface area contributed by atoms with Gasteiger partial charge in [-0.05, 0) is 37.1 Å². The first-order valence-corrected chi connectivity index (χ1v) is 8.93. The van der Waals surface area contributed by atoms with E-state index in [1.54, 1.807) is 0 Å². The summed E-state index contributed by atoms with van der Waals surface area (Å²) < 4.78 is 7.86. The molecular formula is C19H17Cl2N3O. The molecule has 2 aromatic carbocycles. The number of benzene rings is 2. The molecule has 4 nitrogen and oxygen atoms in total. The van der Waals surface area contributed by atoms with Crippen LogP contribution in [-0.2, 0) is 0 Å². The van der Waals surface area contributed by atoms with E-state index >= 15 is 0 Å². The highest BCUT2D eigenvalue weighted by atomic mass is 35.5. The molecule has 1 aliphatic rings. The van der Waals surface area contributed by atoms with E-state index in [0.717, 1.165) is 41.2 Å². The quantitative estimate of drug-likeness (QED) is 0.685. The molecule has 0 amide bonds. The predicted molar refractivity (Wildman–Crippen MR) is 101 cm³/mol. The van der Waals surface area contributed by atoms with Gasteiger partial charge in [-0.2, -0.15) is 5.10 Å². The molecule has 0 saturated carbocycles. The molecule has 1 aliphatic heterocycles. The molecular weight excluding hydrogens is 357 g/mol. The van der Waals surface area contributed by atoms with Crippen LogP contribution in [0.3, 0.4) is 0 Å². The number of aromatic nitrogens is 2. The molecule has 25 heavy (non-hydrogen) atoms. The van der Waals surface area contributed by atoms with Crippen LogP contribution in [0.15, 0.2) is 48.5 Å². The van der Waals surface area contributed by atoms with E-state index in [1.165, 1.54) is 0 Å². The Morgan fingerprint density at radius 2 is 1.84 bits per heavy atom. The lowest BCUT2D eigenvalue weighted by Gasteiger charge is -2.11. The number of ether oxygens (including phenoxy) is 1. The lowest BCUT2D eigenvalue weighted by Crippen LogP contribution is -2.11. The van der Waals surface area contributed by atoms with E-state index in [-0.39, 0.29) is 6.04 Å². The molecule has 6 heteroatoms. The molecule has 0 spiro atoms. The lowest BCUT2D eigenvalue weighted by molar-refractivity contribution is 0.317. The van der Waals surface area contributed by atoms with Gasteiger partial charge in [-0.1, -0.05) is 47.5 Å². The Kier molecular flexibility index (Phi) is 4.42. The fourth-order valence-electron chi connectivity index (χ4n) is 3.08. The maximum atomic E-state index is 6.42. The van der Waals surface area contributed by atoms with Crippen molar-refractivity contribution in [3.63, 3.8) is 0 Å². The van der Waals surface area contributed by atoms with Crippen LogP contribution in [0.2, 0.25) is 10.0 Å². The van der Waals surface area contributed by atoms with Crippen molar-refractivity contribution in [3.05, 3.63) is 64.3 Å². The van der Waals surface area contributed by atoms with Crippen LogP contribution < -0.4 is 10.5 Å². The minimum absolute atomic E-state index is 0.160. The van der Waals surface area contributed by atoms with Crippen molar-refractivity contribution in [2.45, 2.75) is 18.9 Å². The molecule has 3 aromatic rings. The van der Waals surface area contributed by atoms with E-state index in [1.807, 2.05) is 53.2 Å². The second-order valence-electron chi connectivity index (χ2n) is 6.03. The fraction of sp³-hybridized carbons (Fsp3) is 0.211. The van der Waals surface area contributed by atoms with Crippen molar-refractivity contribution in [2.75, 3.05) is 6.61 Å². The number of hydrogen-bond acceptors (Lipinski definition) is 3. The molecule has 0 unspecified atom stereocenters. The number of nitrogens with zero attached hydrogens (tertiary/aromatic N) is 2. The van der Waals surface area contributed by atoms with Gasteiger partial charge in [-0.3, -0.25) is 0 Å². The van der Waals surface area contributed by atoms with Crippen molar-refractivity contribution in [2.24, 2.45) is 5.73 Å². The highest BCUT2D eigenvalue weighted by Crippen LogP contribution is 2.41. The van der Waals surface area contributed by atoms with Crippen molar-refractivity contribution in [1.82, 2.24) is 9.78 Å². The summed E-state index contributed by atoms with van der Waals surface area (Å²) >= 11 is 12.5. The molecule has 0 fully saturated rings. The Hall–Kier alpha value is -2.01. The van der Waals surface area contributed by atoms with E-state index < -0.39 is 0 Å². The van der Waals surface area contributed by atoms with Gasteiger partial charge in [0.15, 0.2) is 5.75 Å². The Morgan fingerprint density at radius 3 is 2.60 bits per heavy atom. The summed E-state index contributed by atoms with van der Waals surface area (Å²) in [6.45, 7) is 0.621. The summed E-state index contributed by atoms with van der Waals surface area (Å²) in [5.74, 6) is 0.729. The Labute approximate surface area is 156 Å². The Bertz CT molecular complexity index is 906. The molecule has 2 N–H and O–H groups in total. The number of hydrogen-bond donors (Lipinski definition) is 1. The second kappa shape index (κ2) is 6.71. The number of rotatable bonds is 2.